The van der Waals surface area contributed by atoms with Crippen LogP contribution in [0.15, 0.2) is 28.7 Å². The third kappa shape index (κ3) is 3.07. The van der Waals surface area contributed by atoms with Crippen LogP contribution in [0.25, 0.3) is 0 Å². The minimum atomic E-state index is -0.706. The second-order valence-corrected chi connectivity index (χ2v) is 5.48. The Labute approximate surface area is 110 Å². The number of likely N-dealkylation sites (N-methyl/N-ethyl adjacent to an activating group) is 1. The Morgan fingerprint density at radius 2 is 2.18 bits per heavy atom. The van der Waals surface area contributed by atoms with E-state index in [1.807, 2.05) is 36.2 Å². The lowest BCUT2D eigenvalue weighted by Crippen LogP contribution is -2.39. The lowest BCUT2D eigenvalue weighted by atomic mass is 10.1. The van der Waals surface area contributed by atoms with Crippen molar-refractivity contribution in [3.63, 3.8) is 0 Å². The van der Waals surface area contributed by atoms with Crippen molar-refractivity contribution >= 4 is 21.9 Å². The molecule has 0 heterocycles. The number of halogens is 1. The van der Waals surface area contributed by atoms with Crippen molar-refractivity contribution in [1.29, 1.82) is 0 Å². The normalized spacial score (nSPS) is 17.1. The van der Waals surface area contributed by atoms with Gasteiger partial charge in [0.05, 0.1) is 0 Å². The molecule has 1 aromatic rings. The monoisotopic (exact) mass is 297 g/mol. The summed E-state index contributed by atoms with van der Waals surface area (Å²) in [6.45, 7) is 0.662. The fourth-order valence-electron chi connectivity index (χ4n) is 2.16. The van der Waals surface area contributed by atoms with Gasteiger partial charge in [-0.25, -0.2) is 0 Å². The van der Waals surface area contributed by atoms with Crippen molar-refractivity contribution in [2.24, 2.45) is 5.92 Å². The minimum absolute atomic E-state index is 0.333. The summed E-state index contributed by atoms with van der Waals surface area (Å²) in [5.41, 5.74) is 1.13. The van der Waals surface area contributed by atoms with Crippen molar-refractivity contribution in [3.05, 3.63) is 34.3 Å². The number of carbonyl (C=O) groups is 1. The molecule has 0 bridgehead atoms. The van der Waals surface area contributed by atoms with Gasteiger partial charge < -0.3 is 5.11 Å². The first-order valence-corrected chi connectivity index (χ1v) is 6.55. The quantitative estimate of drug-likeness (QED) is 0.908. The number of carboxylic acid groups (broad SMARTS) is 1. The molecule has 1 N–H and O–H groups in total. The Morgan fingerprint density at radius 3 is 2.71 bits per heavy atom. The summed E-state index contributed by atoms with van der Waals surface area (Å²) >= 11 is 3.49. The van der Waals surface area contributed by atoms with E-state index >= 15 is 0 Å². The van der Waals surface area contributed by atoms with Crippen LogP contribution in [0.4, 0.5) is 0 Å². The summed E-state index contributed by atoms with van der Waals surface area (Å²) in [7, 11) is 1.89. The molecule has 1 saturated carbocycles. The van der Waals surface area contributed by atoms with Crippen LogP contribution in [0.5, 0.6) is 0 Å². The average Bonchev–Trinajstić information content (AvgIpc) is 3.05. The highest BCUT2D eigenvalue weighted by Crippen LogP contribution is 2.35. The number of nitrogens with zero attached hydrogens (tertiary/aromatic N) is 1. The molecule has 1 aliphatic carbocycles. The molecule has 0 aliphatic heterocycles. The first-order valence-electron chi connectivity index (χ1n) is 5.76. The molecule has 4 heteroatoms. The van der Waals surface area contributed by atoms with E-state index in [1.54, 1.807) is 0 Å². The van der Waals surface area contributed by atoms with E-state index in [-0.39, 0.29) is 6.04 Å². The summed E-state index contributed by atoms with van der Waals surface area (Å²) in [6.07, 6.45) is 2.08. The highest BCUT2D eigenvalue weighted by atomic mass is 79.9. The van der Waals surface area contributed by atoms with Crippen LogP contribution < -0.4 is 0 Å². The fourth-order valence-corrected chi connectivity index (χ4v) is 2.57. The largest absolute Gasteiger partial charge is 0.480 e. The SMILES string of the molecule is CN(Cc1ccccc1Br)C(C(=O)O)C1CC1. The molecule has 1 unspecified atom stereocenters. The van der Waals surface area contributed by atoms with E-state index < -0.39 is 5.97 Å². The van der Waals surface area contributed by atoms with Gasteiger partial charge in [0.2, 0.25) is 0 Å². The number of benzene rings is 1. The average molecular weight is 298 g/mol. The van der Waals surface area contributed by atoms with Crippen molar-refractivity contribution in [3.8, 4) is 0 Å². The Bertz CT molecular complexity index is 418. The third-order valence-electron chi connectivity index (χ3n) is 3.17. The van der Waals surface area contributed by atoms with Gasteiger partial charge in [-0.2, -0.15) is 0 Å². The summed E-state index contributed by atoms with van der Waals surface area (Å²) in [6, 6.07) is 7.59. The van der Waals surface area contributed by atoms with E-state index in [0.717, 1.165) is 22.9 Å². The molecule has 3 nitrogen and oxygen atoms in total. The maximum absolute atomic E-state index is 11.2. The molecule has 17 heavy (non-hydrogen) atoms. The van der Waals surface area contributed by atoms with Crippen LogP contribution in [0.3, 0.4) is 0 Å². The van der Waals surface area contributed by atoms with Gasteiger partial charge in [-0.15, -0.1) is 0 Å². The van der Waals surface area contributed by atoms with Gasteiger partial charge in [-0.1, -0.05) is 34.1 Å². The van der Waals surface area contributed by atoms with Gasteiger partial charge in [0, 0.05) is 11.0 Å². The van der Waals surface area contributed by atoms with E-state index in [1.165, 1.54) is 0 Å². The third-order valence-corrected chi connectivity index (χ3v) is 3.95. The molecule has 1 aromatic carbocycles. The predicted molar refractivity (Wildman–Crippen MR) is 69.8 cm³/mol. The van der Waals surface area contributed by atoms with Gasteiger partial charge in [0.25, 0.3) is 0 Å². The zero-order chi connectivity index (χ0) is 12.4. The maximum Gasteiger partial charge on any atom is 0.321 e. The first kappa shape index (κ1) is 12.6. The molecular formula is C13H16BrNO2. The van der Waals surface area contributed by atoms with Gasteiger partial charge in [0.15, 0.2) is 0 Å². The molecule has 2 rings (SSSR count). The molecule has 0 saturated heterocycles. The number of hydrogen-bond acceptors (Lipinski definition) is 2. The number of aliphatic carboxylic acids is 1. The molecular weight excluding hydrogens is 282 g/mol. The molecule has 92 valence electrons. The van der Waals surface area contributed by atoms with E-state index in [9.17, 15) is 9.90 Å². The summed E-state index contributed by atoms with van der Waals surface area (Å²) in [5.74, 6) is -0.373. The molecule has 0 amide bonds. The van der Waals surface area contributed by atoms with Crippen LogP contribution in [-0.4, -0.2) is 29.1 Å². The summed E-state index contributed by atoms with van der Waals surface area (Å²) in [5, 5.41) is 9.25. The number of carboxylic acids is 1. The van der Waals surface area contributed by atoms with Crippen molar-refractivity contribution in [2.75, 3.05) is 7.05 Å². The Hall–Kier alpha value is -0.870. The standard InChI is InChI=1S/C13H16BrNO2/c1-15(12(13(16)17)9-6-7-9)8-10-4-2-3-5-11(10)14/h2-5,9,12H,6-8H2,1H3,(H,16,17). The van der Waals surface area contributed by atoms with Gasteiger partial charge in [-0.3, -0.25) is 9.69 Å². The van der Waals surface area contributed by atoms with E-state index in [4.69, 9.17) is 0 Å². The van der Waals surface area contributed by atoms with Crippen LogP contribution in [-0.2, 0) is 11.3 Å². The molecule has 1 aliphatic rings. The molecule has 0 spiro atoms. The zero-order valence-electron chi connectivity index (χ0n) is 9.77. The van der Waals surface area contributed by atoms with Gasteiger partial charge >= 0.3 is 5.97 Å². The molecule has 0 radical (unpaired) electrons. The fraction of sp³-hybridized carbons (Fsp3) is 0.462. The van der Waals surface area contributed by atoms with Crippen LogP contribution >= 0.6 is 15.9 Å². The zero-order valence-corrected chi connectivity index (χ0v) is 11.4. The van der Waals surface area contributed by atoms with Gasteiger partial charge in [0.1, 0.15) is 6.04 Å². The molecule has 1 fully saturated rings. The topological polar surface area (TPSA) is 40.5 Å². The highest BCUT2D eigenvalue weighted by molar-refractivity contribution is 9.10. The predicted octanol–water partition coefficient (Wildman–Crippen LogP) is 2.74. The Morgan fingerprint density at radius 1 is 1.53 bits per heavy atom. The highest BCUT2D eigenvalue weighted by Gasteiger charge is 2.38. The Kier molecular flexibility index (Phi) is 3.84. The minimum Gasteiger partial charge on any atom is -0.480 e. The van der Waals surface area contributed by atoms with Gasteiger partial charge in [-0.05, 0) is 37.4 Å². The van der Waals surface area contributed by atoms with Crippen molar-refractivity contribution in [2.45, 2.75) is 25.4 Å². The maximum atomic E-state index is 11.2. The molecule has 0 aromatic heterocycles. The lowest BCUT2D eigenvalue weighted by molar-refractivity contribution is -0.143. The molecule has 1 atom stereocenters. The van der Waals surface area contributed by atoms with Crippen molar-refractivity contribution in [1.82, 2.24) is 4.90 Å². The van der Waals surface area contributed by atoms with Crippen LogP contribution in [0.2, 0.25) is 0 Å². The number of hydrogen-bond donors (Lipinski definition) is 1. The number of rotatable bonds is 5. The summed E-state index contributed by atoms with van der Waals surface area (Å²) < 4.78 is 1.03. The van der Waals surface area contributed by atoms with E-state index in [0.29, 0.717) is 12.5 Å². The second kappa shape index (κ2) is 5.19. The second-order valence-electron chi connectivity index (χ2n) is 4.63. The van der Waals surface area contributed by atoms with Crippen LogP contribution in [0.1, 0.15) is 18.4 Å². The van der Waals surface area contributed by atoms with Crippen molar-refractivity contribution < 1.29 is 9.90 Å². The smallest absolute Gasteiger partial charge is 0.321 e. The van der Waals surface area contributed by atoms with E-state index in [2.05, 4.69) is 15.9 Å². The Balaban J connectivity index is 2.07. The van der Waals surface area contributed by atoms with Crippen LogP contribution in [0, 0.1) is 5.92 Å². The summed E-state index contributed by atoms with van der Waals surface area (Å²) in [4.78, 5) is 13.2. The first-order chi connectivity index (χ1) is 8.09. The lowest BCUT2D eigenvalue weighted by Gasteiger charge is -2.24.